The number of hydrogen-bond donors (Lipinski definition) is 5. The first-order valence-electron chi connectivity index (χ1n) is 5.21. The van der Waals surface area contributed by atoms with Gasteiger partial charge in [-0.3, -0.25) is 4.52 Å². The molecule has 20 heavy (non-hydrogen) atoms. The van der Waals surface area contributed by atoms with Crippen LogP contribution in [0.25, 0.3) is 0 Å². The zero-order valence-electron chi connectivity index (χ0n) is 10.4. The zero-order valence-corrected chi connectivity index (χ0v) is 12.2. The number of rotatable bonds is 5. The molecule has 10 nitrogen and oxygen atoms in total. The van der Waals surface area contributed by atoms with E-state index in [1.807, 2.05) is 0 Å². The number of alkyl halides is 1. The summed E-state index contributed by atoms with van der Waals surface area (Å²) >= 11 is 0. The molecule has 1 aliphatic rings. The maximum Gasteiger partial charge on any atom is 0.481 e. The third-order valence-electron chi connectivity index (χ3n) is 2.79. The van der Waals surface area contributed by atoms with E-state index >= 15 is 0 Å². The van der Waals surface area contributed by atoms with Gasteiger partial charge in [-0.15, -0.1) is 0 Å². The van der Waals surface area contributed by atoms with Crippen LogP contribution in [0.3, 0.4) is 0 Å². The molecule has 13 heteroatoms. The third-order valence-corrected chi connectivity index (χ3v) is 4.92. The predicted octanol–water partition coefficient (Wildman–Crippen LogP) is -0.591. The summed E-state index contributed by atoms with van der Waals surface area (Å²) in [4.78, 5) is 25.7. The van der Waals surface area contributed by atoms with E-state index < -0.39 is 45.9 Å². The summed E-state index contributed by atoms with van der Waals surface area (Å²) in [7, 11) is -10.6. The van der Waals surface area contributed by atoms with Crippen molar-refractivity contribution in [3.63, 3.8) is 0 Å². The molecule has 120 valence electrons. The molecule has 1 rings (SSSR count). The molecule has 1 fully saturated rings. The van der Waals surface area contributed by atoms with Crippen LogP contribution in [0.15, 0.2) is 0 Å². The Bertz CT molecular complexity index is 463. The molecule has 1 saturated heterocycles. The smallest absolute Gasteiger partial charge is 0.385 e. The Morgan fingerprint density at radius 3 is 2.20 bits per heavy atom. The van der Waals surface area contributed by atoms with Crippen LogP contribution < -0.4 is 0 Å². The molecule has 0 saturated carbocycles. The fourth-order valence-corrected chi connectivity index (χ4v) is 3.18. The number of aliphatic hydroxyl groups excluding tert-OH is 1. The van der Waals surface area contributed by atoms with E-state index in [0.29, 0.717) is 0 Å². The molecule has 0 bridgehead atoms. The van der Waals surface area contributed by atoms with Gasteiger partial charge < -0.3 is 29.6 Å². The molecule has 0 aromatic carbocycles. The molecule has 0 aromatic rings. The molecule has 5 N–H and O–H groups in total. The average molecular weight is 340 g/mol. The van der Waals surface area contributed by atoms with Crippen molar-refractivity contribution in [3.8, 4) is 0 Å². The van der Waals surface area contributed by atoms with E-state index in [0.717, 1.165) is 6.92 Å². The molecule has 0 spiro atoms. The normalized spacial score (nSPS) is 41.6. The minimum absolute atomic E-state index is 1.08. The summed E-state index contributed by atoms with van der Waals surface area (Å²) < 4.78 is 47.8. The number of hydrogen-bond acceptors (Lipinski definition) is 7. The van der Waals surface area contributed by atoms with E-state index in [9.17, 15) is 23.7 Å². The van der Waals surface area contributed by atoms with Crippen LogP contribution in [0.2, 0.25) is 0 Å². The molecule has 1 aliphatic heterocycles. The van der Waals surface area contributed by atoms with Crippen molar-refractivity contribution in [2.24, 2.45) is 0 Å². The first-order chi connectivity index (χ1) is 8.70. The summed E-state index contributed by atoms with van der Waals surface area (Å²) in [6.07, 6.45) is -3.27. The molecule has 0 radical (unpaired) electrons. The minimum atomic E-state index is -5.34. The van der Waals surface area contributed by atoms with Gasteiger partial charge >= 0.3 is 15.6 Å². The number of ether oxygens (including phenoxy) is 1. The highest BCUT2D eigenvalue weighted by Gasteiger charge is 2.61. The van der Waals surface area contributed by atoms with Gasteiger partial charge in [-0.2, -0.15) is 4.31 Å². The van der Waals surface area contributed by atoms with Gasteiger partial charge in [-0.1, -0.05) is 0 Å². The Labute approximate surface area is 112 Å². The van der Waals surface area contributed by atoms with Gasteiger partial charge in [0, 0.05) is 0 Å². The molecule has 0 amide bonds. The lowest BCUT2D eigenvalue weighted by Gasteiger charge is -2.27. The second-order valence-electron chi connectivity index (χ2n) is 4.49. The molecular weight excluding hydrogens is 325 g/mol. The summed E-state index contributed by atoms with van der Waals surface area (Å²) in [6, 6.07) is 0. The third kappa shape index (κ3) is 4.05. The van der Waals surface area contributed by atoms with Gasteiger partial charge in [0.2, 0.25) is 0 Å². The van der Waals surface area contributed by atoms with E-state index in [1.165, 1.54) is 6.92 Å². The van der Waals surface area contributed by atoms with Crippen LogP contribution >= 0.6 is 15.6 Å². The predicted molar refractivity (Wildman–Crippen MR) is 59.9 cm³/mol. The molecule has 0 aromatic heterocycles. The first-order valence-corrected chi connectivity index (χ1v) is 8.23. The number of halogens is 1. The Kier molecular flexibility index (Phi) is 4.86. The van der Waals surface area contributed by atoms with Crippen LogP contribution in [-0.4, -0.2) is 55.2 Å². The van der Waals surface area contributed by atoms with Gasteiger partial charge in [0.15, 0.2) is 0 Å². The summed E-state index contributed by atoms with van der Waals surface area (Å²) in [5.74, 6) is -3.04. The topological polar surface area (TPSA) is 163 Å². The second kappa shape index (κ2) is 5.36. The van der Waals surface area contributed by atoms with E-state index in [4.69, 9.17) is 14.7 Å². The lowest BCUT2D eigenvalue weighted by atomic mass is 9.93. The van der Waals surface area contributed by atoms with Crippen LogP contribution in [0.5, 0.6) is 0 Å². The van der Waals surface area contributed by atoms with Crippen molar-refractivity contribution < 1.29 is 52.0 Å². The highest BCUT2D eigenvalue weighted by atomic mass is 31.3. The molecule has 5 atom stereocenters. The second-order valence-corrected chi connectivity index (χ2v) is 7.32. The summed E-state index contributed by atoms with van der Waals surface area (Å²) in [6.45, 7) is 0.937. The average Bonchev–Trinajstić information content (AvgIpc) is 2.35. The largest absolute Gasteiger partial charge is 0.481 e. The lowest BCUT2D eigenvalue weighted by molar-refractivity contribution is -0.192. The Morgan fingerprint density at radius 1 is 1.35 bits per heavy atom. The quantitative estimate of drug-likeness (QED) is 0.409. The fourth-order valence-electron chi connectivity index (χ4n) is 1.58. The van der Waals surface area contributed by atoms with Crippen molar-refractivity contribution >= 4 is 15.6 Å². The number of phosphoric ester groups is 1. The van der Waals surface area contributed by atoms with Crippen LogP contribution in [-0.2, 0) is 22.7 Å². The SMILES string of the molecule is C[C@@H]1O[C@](F)(COP(=O)(O)OP(=O)(O)O)[C@@H](O)[C@@]1(C)O. The van der Waals surface area contributed by atoms with E-state index in [2.05, 4.69) is 13.6 Å². The van der Waals surface area contributed by atoms with Crippen molar-refractivity contribution in [3.05, 3.63) is 0 Å². The molecular formula is C7H15FO10P2. The van der Waals surface area contributed by atoms with E-state index in [1.54, 1.807) is 0 Å². The Hall–Kier alpha value is 0.0700. The number of phosphoric acid groups is 2. The monoisotopic (exact) mass is 340 g/mol. The fraction of sp³-hybridized carbons (Fsp3) is 1.00. The van der Waals surface area contributed by atoms with Crippen LogP contribution in [0, 0.1) is 0 Å². The zero-order chi connectivity index (χ0) is 16.0. The lowest BCUT2D eigenvalue weighted by Crippen LogP contribution is -2.49. The molecule has 1 heterocycles. The van der Waals surface area contributed by atoms with Crippen molar-refractivity contribution in [1.82, 2.24) is 0 Å². The van der Waals surface area contributed by atoms with Gasteiger partial charge in [0.1, 0.15) is 18.3 Å². The Balaban J connectivity index is 2.75. The highest BCUT2D eigenvalue weighted by molar-refractivity contribution is 7.60. The first kappa shape index (κ1) is 18.1. The minimum Gasteiger partial charge on any atom is -0.385 e. The van der Waals surface area contributed by atoms with Crippen LogP contribution in [0.4, 0.5) is 4.39 Å². The highest BCUT2D eigenvalue weighted by Crippen LogP contribution is 2.58. The van der Waals surface area contributed by atoms with Gasteiger partial charge in [-0.05, 0) is 13.8 Å². The van der Waals surface area contributed by atoms with Crippen molar-refractivity contribution in [1.29, 1.82) is 0 Å². The summed E-state index contributed by atoms with van der Waals surface area (Å²) in [5.41, 5.74) is -1.98. The number of aliphatic hydroxyl groups is 2. The molecule has 0 aliphatic carbocycles. The molecule has 1 unspecified atom stereocenters. The van der Waals surface area contributed by atoms with Gasteiger partial charge in [-0.25, -0.2) is 13.5 Å². The van der Waals surface area contributed by atoms with Gasteiger partial charge in [0.25, 0.3) is 5.85 Å². The van der Waals surface area contributed by atoms with E-state index in [-0.39, 0.29) is 0 Å². The van der Waals surface area contributed by atoms with Crippen LogP contribution in [0.1, 0.15) is 13.8 Å². The maximum absolute atomic E-state index is 14.2. The summed E-state index contributed by atoms with van der Waals surface area (Å²) in [5, 5.41) is 19.3. The van der Waals surface area contributed by atoms with Crippen molar-refractivity contribution in [2.75, 3.05) is 6.61 Å². The van der Waals surface area contributed by atoms with Gasteiger partial charge in [0.05, 0.1) is 6.10 Å². The standard InChI is InChI=1S/C7H15FO10P2/c1-4-6(2,10)5(9)7(8,17-4)3-16-20(14,15)18-19(11,12)13/h4-5,9-10H,3H2,1-2H3,(H,14,15)(H2,11,12,13)/t4-,5-,6-,7+/m0/s1. The van der Waals surface area contributed by atoms with Crippen molar-refractivity contribution in [2.45, 2.75) is 37.5 Å². The maximum atomic E-state index is 14.2. The Morgan fingerprint density at radius 2 is 1.85 bits per heavy atom.